The second kappa shape index (κ2) is 58.8. The van der Waals surface area contributed by atoms with Crippen molar-refractivity contribution in [1.29, 1.82) is 5.26 Å². The number of halogens is 10. The molecule has 15 rings (SSSR count). The van der Waals surface area contributed by atoms with Crippen molar-refractivity contribution in [2.24, 2.45) is 52.3 Å². The lowest BCUT2D eigenvalue weighted by Gasteiger charge is -2.33. The number of thioether (sulfide) groups is 2. The summed E-state index contributed by atoms with van der Waals surface area (Å²) in [5, 5.41) is 20.8. The number of hydrogen-bond acceptors (Lipinski definition) is 12. The maximum absolute atomic E-state index is 12.1. The molecule has 1 N–H and O–H groups in total. The Labute approximate surface area is 735 Å². The maximum atomic E-state index is 12.1. The van der Waals surface area contributed by atoms with Gasteiger partial charge in [-0.3, -0.25) is 9.97 Å². The summed E-state index contributed by atoms with van der Waals surface area (Å²) in [6, 6.07) is 34.4. The van der Waals surface area contributed by atoms with Crippen molar-refractivity contribution in [2.75, 3.05) is 63.5 Å². The first-order valence-corrected chi connectivity index (χ1v) is 47.2. The second-order valence-electron chi connectivity index (χ2n) is 33.8. The second-order valence-corrected chi connectivity index (χ2v) is 37.8. The van der Waals surface area contributed by atoms with Gasteiger partial charge in [-0.2, -0.15) is 43.4 Å². The van der Waals surface area contributed by atoms with Gasteiger partial charge in [0.05, 0.1) is 72.1 Å². The lowest BCUT2D eigenvalue weighted by molar-refractivity contribution is -0.187. The van der Waals surface area contributed by atoms with E-state index in [1.807, 2.05) is 99.6 Å². The van der Waals surface area contributed by atoms with Gasteiger partial charge in [-0.25, -0.2) is 8.78 Å². The van der Waals surface area contributed by atoms with Crippen LogP contribution >= 0.6 is 58.1 Å². The molecule has 0 radical (unpaired) electrons. The van der Waals surface area contributed by atoms with E-state index in [0.717, 1.165) is 141 Å². The van der Waals surface area contributed by atoms with E-state index in [2.05, 4.69) is 154 Å². The third-order valence-corrected chi connectivity index (χ3v) is 26.5. The van der Waals surface area contributed by atoms with Crippen molar-refractivity contribution in [1.82, 2.24) is 9.97 Å². The van der Waals surface area contributed by atoms with Crippen LogP contribution in [0.5, 0.6) is 0 Å². The van der Waals surface area contributed by atoms with Crippen LogP contribution in [0, 0.1) is 84.4 Å². The lowest BCUT2D eigenvalue weighted by Crippen LogP contribution is -2.34. The molecule has 5 aliphatic carbocycles. The molecule has 4 aliphatic heterocycles. The van der Waals surface area contributed by atoms with Crippen molar-refractivity contribution in [3.63, 3.8) is 0 Å². The number of thiophene rings is 1. The number of benzene rings is 3. The normalized spacial score (nSPS) is 20.9. The Bertz CT molecular complexity index is 3510. The van der Waals surface area contributed by atoms with Crippen LogP contribution in [0.2, 0.25) is 10.0 Å². The summed E-state index contributed by atoms with van der Waals surface area (Å²) in [6.45, 7) is 45.4. The monoisotopic (exact) mass is 1770 g/mol. The number of aliphatic hydroxyl groups excluding tert-OH is 1. The van der Waals surface area contributed by atoms with E-state index < -0.39 is 29.3 Å². The minimum absolute atomic E-state index is 0.0196. The van der Waals surface area contributed by atoms with Gasteiger partial charge in [0.2, 0.25) is 0 Å². The van der Waals surface area contributed by atoms with Gasteiger partial charge in [-0.15, -0.1) is 23.1 Å². The quantitative estimate of drug-likeness (QED) is 0.104. The standard InChI is InChI=1S/C12H18.C9H10Cl2S.C9H9F3.C9H16O2.C8H16O.C7H9N.C6H9F3.C6H7N.C6H9N.C6H12O2.C6H8S.C5H8F2.C4H8O.C4H8S/c1-5-10-6-8-11(9-7-10)12(2,3)4;1-2-6-12-9-7(10)4-3-5-8(9)11;1-2-7-4-3-5-8(6-7)9(10,11)12;1-8-2-4-9(5-3-8)10-6-7-11-9;1-7-2-4-8(6-9)5-3-7;1-6-4-3-5-8-7(6)2;1-2-5(3-4-5)6(7,8)9;1-6-3-2-4-7-5-6;1-2-6(5-7)3-4-6;1-5-3-7-6(2)8-4-5;1-2-6-4-3-5-7-6;1-2-4-3-5(4,6)7;2*1-4-2-5-3-4/h6-9H,5H2,1-4H3;3-5H,2,6H2,1H3;3-6H,2H2,1H3;8H,2-7H2,1H3;7-9H,2-6H2,1H3;3-5H,1-2H3;2-4H2,1H3;2-5H,1H3;2-4H2,1H3;5-6H,3-4H2,1-2H3;3-5H,2H2,1H3;4H,2-3H2,1H3;2*4H,2-3H2,1H3. The zero-order chi connectivity index (χ0) is 89.3. The summed E-state index contributed by atoms with van der Waals surface area (Å²) in [7, 11) is 0. The van der Waals surface area contributed by atoms with Crippen LogP contribution in [0.4, 0.5) is 35.1 Å². The first-order chi connectivity index (χ1) is 56.2. The molecule has 9 fully saturated rings. The lowest BCUT2D eigenvalue weighted by atomic mass is 9.84. The van der Waals surface area contributed by atoms with Gasteiger partial charge in [0.15, 0.2) is 12.1 Å². The van der Waals surface area contributed by atoms with Crippen LogP contribution in [0.1, 0.15) is 264 Å². The predicted molar refractivity (Wildman–Crippen MR) is 486 cm³/mol. The zero-order valence-corrected chi connectivity index (χ0v) is 79.3. The van der Waals surface area contributed by atoms with Crippen LogP contribution in [0.25, 0.3) is 0 Å². The van der Waals surface area contributed by atoms with Gasteiger partial charge in [-0.1, -0.05) is 207 Å². The molecule has 1 atom stereocenters. The van der Waals surface area contributed by atoms with Crippen LogP contribution in [0.3, 0.4) is 0 Å². The Kier molecular flexibility index (Phi) is 54.7. The van der Waals surface area contributed by atoms with Crippen LogP contribution in [0.15, 0.2) is 132 Å². The number of nitriles is 1. The van der Waals surface area contributed by atoms with Gasteiger partial charge >= 0.3 is 12.4 Å². The molecule has 674 valence electrons. The average molecular weight is 1770 g/mol. The SMILES string of the molecule is CC1CCC(CO)CC1.CC1CCC2(CC1)OCCO2.CC1COC(C)OC1.CC1COC1.CC1CSC1.CCC1(C#N)CC1.CCC1(C(F)(F)F)CC1.CCC1CC1(F)F.CCCSc1c(Cl)cccc1Cl.CCc1ccc(C(C)(C)C)cc1.CCc1cccc(C(F)(F)F)c1.CCc1cccs1.Cc1cccnc1.Cc1cccnc1C. The molecule has 9 aliphatic rings. The molecule has 0 bridgehead atoms. The Morgan fingerprint density at radius 3 is 1.45 bits per heavy atom. The number of rotatable bonds is 10. The van der Waals surface area contributed by atoms with E-state index in [9.17, 15) is 35.1 Å². The highest BCUT2D eigenvalue weighted by molar-refractivity contribution is 8.00. The van der Waals surface area contributed by atoms with Crippen molar-refractivity contribution in [2.45, 2.75) is 301 Å². The molecule has 3 aromatic heterocycles. The summed E-state index contributed by atoms with van der Waals surface area (Å²) in [4.78, 5) is 10.4. The first kappa shape index (κ1) is 111. The maximum Gasteiger partial charge on any atom is 0.416 e. The van der Waals surface area contributed by atoms with Crippen LogP contribution in [-0.2, 0) is 54.5 Å². The number of alkyl halides is 8. The largest absolute Gasteiger partial charge is 0.416 e. The first-order valence-electron chi connectivity index (χ1n) is 43.4. The zero-order valence-electron chi connectivity index (χ0n) is 75.3. The average Bonchev–Trinajstić information content (AvgIpc) is 1.61. The number of aryl methyl sites for hydroxylation is 6. The van der Waals surface area contributed by atoms with Crippen molar-refractivity contribution >= 4 is 58.1 Å². The topological polar surface area (TPSA) is 116 Å². The highest BCUT2D eigenvalue weighted by atomic mass is 35.5. The number of aliphatic hydroxyl groups is 1. The van der Waals surface area contributed by atoms with Crippen LogP contribution < -0.4 is 0 Å². The van der Waals surface area contributed by atoms with E-state index >= 15 is 0 Å². The van der Waals surface area contributed by atoms with Crippen molar-refractivity contribution < 1.29 is 63.9 Å². The Morgan fingerprint density at radius 2 is 1.14 bits per heavy atom. The molecule has 22 heteroatoms. The fourth-order valence-electron chi connectivity index (χ4n) is 11.9. The molecule has 1 spiro atoms. The van der Waals surface area contributed by atoms with E-state index in [-0.39, 0.29) is 41.7 Å². The smallest absolute Gasteiger partial charge is 0.396 e. The fourth-order valence-corrected chi connectivity index (χ4v) is 14.8. The number of hydrogen-bond donors (Lipinski definition) is 1. The summed E-state index contributed by atoms with van der Waals surface area (Å²) in [5.74, 6) is 6.00. The van der Waals surface area contributed by atoms with Crippen molar-refractivity contribution in [3.05, 3.63) is 181 Å². The highest BCUT2D eigenvalue weighted by Gasteiger charge is 2.61. The van der Waals surface area contributed by atoms with E-state index in [1.54, 1.807) is 37.9 Å². The molecule has 3 aromatic carbocycles. The Morgan fingerprint density at radius 1 is 0.605 bits per heavy atom. The molecular weight excluding hydrogens is 1620 g/mol. The highest BCUT2D eigenvalue weighted by Crippen LogP contribution is 2.60. The van der Waals surface area contributed by atoms with Crippen LogP contribution in [-0.4, -0.2) is 103 Å². The van der Waals surface area contributed by atoms with Gasteiger partial charge in [0.25, 0.3) is 5.92 Å². The summed E-state index contributed by atoms with van der Waals surface area (Å²) in [5.41, 5.74) is 5.72. The molecule has 6 aromatic rings. The summed E-state index contributed by atoms with van der Waals surface area (Å²) < 4.78 is 122. The molecule has 7 heterocycles. The molecular formula is C97H147Cl2F8N3O6S3. The van der Waals surface area contributed by atoms with E-state index in [0.29, 0.717) is 49.7 Å². The van der Waals surface area contributed by atoms with Crippen molar-refractivity contribution in [3.8, 4) is 6.07 Å². The molecule has 9 nitrogen and oxygen atoms in total. The van der Waals surface area contributed by atoms with E-state index in [4.69, 9.17) is 57.3 Å². The number of nitrogens with zero attached hydrogens (tertiary/aromatic N) is 3. The number of ether oxygens (including phenoxy) is 5. The molecule has 0 amide bonds. The summed E-state index contributed by atoms with van der Waals surface area (Å²) in [6.07, 6.45) is 16.2. The minimum Gasteiger partial charge on any atom is -0.396 e. The van der Waals surface area contributed by atoms with Gasteiger partial charge < -0.3 is 28.8 Å². The third-order valence-electron chi connectivity index (χ3n) is 21.7. The summed E-state index contributed by atoms with van der Waals surface area (Å²) >= 11 is 17.5. The Balaban J connectivity index is 0.000000437. The Hall–Kier alpha value is -4.37. The third kappa shape index (κ3) is 48.1. The fraction of sp³-hybridized carbons (Fsp3) is 0.660. The molecule has 1 unspecified atom stereocenters. The van der Waals surface area contributed by atoms with Gasteiger partial charge in [0.1, 0.15) is 0 Å². The molecule has 4 saturated heterocycles. The number of pyridine rings is 2. The predicted octanol–water partition coefficient (Wildman–Crippen LogP) is 30.0. The van der Waals surface area contributed by atoms with Gasteiger partial charge in [0, 0.05) is 77.7 Å². The van der Waals surface area contributed by atoms with E-state index in [1.165, 1.54) is 95.7 Å². The number of aromatic nitrogens is 2. The molecule has 119 heavy (non-hydrogen) atoms. The van der Waals surface area contributed by atoms with Gasteiger partial charge in [-0.05, 0) is 240 Å². The minimum atomic E-state index is -4.22. The molecule has 5 saturated carbocycles.